The number of aromatic nitrogens is 3. The molecule has 2 aromatic heterocycles. The van der Waals surface area contributed by atoms with Gasteiger partial charge in [0.25, 0.3) is 5.56 Å². The first-order valence-corrected chi connectivity index (χ1v) is 5.96. The van der Waals surface area contributed by atoms with Crippen LogP contribution in [0.3, 0.4) is 0 Å². The topological polar surface area (TPSA) is 94.2 Å². The Bertz CT molecular complexity index is 872. The molecule has 0 aliphatic carbocycles. The van der Waals surface area contributed by atoms with Crippen LogP contribution in [0.5, 0.6) is 5.88 Å². The van der Waals surface area contributed by atoms with Crippen molar-refractivity contribution in [1.82, 2.24) is 14.6 Å². The Morgan fingerprint density at radius 1 is 1.35 bits per heavy atom. The van der Waals surface area contributed by atoms with Crippen molar-refractivity contribution in [2.75, 3.05) is 0 Å². The molecule has 0 saturated heterocycles. The lowest BCUT2D eigenvalue weighted by molar-refractivity contribution is 0.428. The van der Waals surface area contributed by atoms with Crippen LogP contribution in [0.2, 0.25) is 0 Å². The average molecular weight is 266 g/mol. The molecule has 3 rings (SSSR count). The molecule has 0 fully saturated rings. The van der Waals surface area contributed by atoms with Crippen LogP contribution in [0.4, 0.5) is 0 Å². The van der Waals surface area contributed by atoms with E-state index < -0.39 is 5.56 Å². The number of nitrogens with zero attached hydrogens (tertiary/aromatic N) is 3. The largest absolute Gasteiger partial charge is 0.493 e. The van der Waals surface area contributed by atoms with Crippen LogP contribution in [0, 0.1) is 11.3 Å². The summed E-state index contributed by atoms with van der Waals surface area (Å²) in [7, 11) is 0. The van der Waals surface area contributed by atoms with E-state index in [1.807, 2.05) is 36.4 Å². The van der Waals surface area contributed by atoms with E-state index in [1.54, 1.807) is 0 Å². The maximum absolute atomic E-state index is 12.1. The molecule has 1 aromatic carbocycles. The van der Waals surface area contributed by atoms with E-state index in [1.165, 1.54) is 6.20 Å². The molecule has 0 radical (unpaired) electrons. The minimum absolute atomic E-state index is 0.201. The quantitative estimate of drug-likeness (QED) is 0.728. The Kier molecular flexibility index (Phi) is 2.73. The van der Waals surface area contributed by atoms with Gasteiger partial charge in [-0.3, -0.25) is 4.79 Å². The lowest BCUT2D eigenvalue weighted by atomic mass is 10.1. The predicted molar refractivity (Wildman–Crippen MR) is 71.4 cm³/mol. The van der Waals surface area contributed by atoms with Crippen LogP contribution in [0.15, 0.2) is 41.3 Å². The maximum atomic E-state index is 12.1. The minimum Gasteiger partial charge on any atom is -0.493 e. The number of nitriles is 1. The molecule has 0 aliphatic heterocycles. The summed E-state index contributed by atoms with van der Waals surface area (Å²) in [4.78, 5) is 14.6. The number of hydrogen-bond acceptors (Lipinski definition) is 4. The summed E-state index contributed by atoms with van der Waals surface area (Å²) < 4.78 is 1.16. The van der Waals surface area contributed by atoms with Crippen LogP contribution in [-0.4, -0.2) is 19.7 Å². The molecule has 6 nitrogen and oxygen atoms in total. The number of fused-ring (bicyclic) bond motifs is 1. The van der Waals surface area contributed by atoms with Gasteiger partial charge in [0.1, 0.15) is 11.6 Å². The van der Waals surface area contributed by atoms with E-state index in [0.717, 1.165) is 10.1 Å². The maximum Gasteiger partial charge on any atom is 0.258 e. The molecule has 0 amide bonds. The second-order valence-corrected chi connectivity index (χ2v) is 4.35. The molecular weight excluding hydrogens is 256 g/mol. The van der Waals surface area contributed by atoms with Gasteiger partial charge in [-0.1, -0.05) is 30.3 Å². The van der Waals surface area contributed by atoms with E-state index in [-0.39, 0.29) is 22.7 Å². The molecule has 2 heterocycles. The molecular formula is C14H10N4O2. The molecule has 0 aliphatic rings. The number of rotatable bonds is 2. The Morgan fingerprint density at radius 3 is 2.80 bits per heavy atom. The number of aromatic amines is 1. The van der Waals surface area contributed by atoms with E-state index in [9.17, 15) is 9.90 Å². The lowest BCUT2D eigenvalue weighted by Crippen LogP contribution is -2.16. The fraction of sp³-hybridized carbons (Fsp3) is 0.0714. The highest BCUT2D eigenvalue weighted by molar-refractivity contribution is 5.55. The smallest absolute Gasteiger partial charge is 0.258 e. The summed E-state index contributed by atoms with van der Waals surface area (Å²) in [6.07, 6.45) is 1.59. The second-order valence-electron chi connectivity index (χ2n) is 4.35. The normalized spacial score (nSPS) is 10.6. The van der Waals surface area contributed by atoms with Gasteiger partial charge >= 0.3 is 0 Å². The molecule has 20 heavy (non-hydrogen) atoms. The van der Waals surface area contributed by atoms with Gasteiger partial charge in [0.15, 0.2) is 5.65 Å². The Hall–Kier alpha value is -3.07. The van der Waals surface area contributed by atoms with Gasteiger partial charge in [-0.2, -0.15) is 14.9 Å². The number of benzene rings is 1. The molecule has 3 aromatic rings. The summed E-state index contributed by atoms with van der Waals surface area (Å²) in [5.41, 5.74) is 1.11. The molecule has 0 spiro atoms. The van der Waals surface area contributed by atoms with Crippen LogP contribution in [0.1, 0.15) is 16.7 Å². The number of nitrogens with one attached hydrogen (secondary N) is 1. The van der Waals surface area contributed by atoms with Gasteiger partial charge in [0.05, 0.1) is 11.8 Å². The fourth-order valence-electron chi connectivity index (χ4n) is 2.08. The van der Waals surface area contributed by atoms with Crippen molar-refractivity contribution in [1.29, 1.82) is 5.26 Å². The summed E-state index contributed by atoms with van der Waals surface area (Å²) in [5, 5.41) is 23.0. The monoisotopic (exact) mass is 266 g/mol. The molecule has 0 unspecified atom stereocenters. The predicted octanol–water partition coefficient (Wildman–Crippen LogP) is 1.19. The molecule has 0 bridgehead atoms. The van der Waals surface area contributed by atoms with Crippen LogP contribution < -0.4 is 5.56 Å². The number of H-pyrrole nitrogens is 1. The zero-order valence-corrected chi connectivity index (χ0v) is 10.4. The Balaban J connectivity index is 2.18. The highest BCUT2D eigenvalue weighted by atomic mass is 16.3. The molecule has 98 valence electrons. The van der Waals surface area contributed by atoms with E-state index in [4.69, 9.17) is 5.26 Å². The Morgan fingerprint density at radius 2 is 2.10 bits per heavy atom. The highest BCUT2D eigenvalue weighted by Gasteiger charge is 2.15. The third kappa shape index (κ3) is 1.82. The van der Waals surface area contributed by atoms with Crippen molar-refractivity contribution >= 4 is 5.65 Å². The molecule has 0 saturated carbocycles. The van der Waals surface area contributed by atoms with Crippen molar-refractivity contribution < 1.29 is 5.11 Å². The Labute approximate surface area is 113 Å². The number of hydrogen-bond donors (Lipinski definition) is 2. The van der Waals surface area contributed by atoms with Gasteiger partial charge in [-0.25, -0.2) is 0 Å². The van der Waals surface area contributed by atoms with E-state index in [2.05, 4.69) is 10.1 Å². The first-order valence-electron chi connectivity index (χ1n) is 5.96. The summed E-state index contributed by atoms with van der Waals surface area (Å²) in [5.74, 6) is -0.242. The molecule has 2 N–H and O–H groups in total. The fourth-order valence-corrected chi connectivity index (χ4v) is 2.08. The van der Waals surface area contributed by atoms with Crippen LogP contribution in [0.25, 0.3) is 5.65 Å². The van der Waals surface area contributed by atoms with Gasteiger partial charge in [-0.15, -0.1) is 0 Å². The second kappa shape index (κ2) is 4.55. The molecule has 0 atom stereocenters. The van der Waals surface area contributed by atoms with Gasteiger partial charge in [0.2, 0.25) is 5.88 Å². The van der Waals surface area contributed by atoms with Crippen LogP contribution in [-0.2, 0) is 6.42 Å². The minimum atomic E-state index is -0.421. The standard InChI is InChI=1S/C14H10N4O2/c15-7-10-8-16-18-12(10)17-13(19)11(14(18)20)6-9-4-2-1-3-5-9/h1-5,8,20H,6H2,(H,17,19). The van der Waals surface area contributed by atoms with Gasteiger partial charge in [0, 0.05) is 6.42 Å². The SMILES string of the molecule is N#Cc1cnn2c(O)c(Cc3ccccc3)c(=O)[nH]c12. The van der Waals surface area contributed by atoms with Crippen molar-refractivity contribution in [3.05, 3.63) is 63.6 Å². The van der Waals surface area contributed by atoms with Crippen molar-refractivity contribution in [3.63, 3.8) is 0 Å². The summed E-state index contributed by atoms with van der Waals surface area (Å²) in [6, 6.07) is 11.2. The van der Waals surface area contributed by atoms with Gasteiger partial charge < -0.3 is 10.1 Å². The first-order chi connectivity index (χ1) is 9.70. The third-order valence-electron chi connectivity index (χ3n) is 3.09. The first kappa shape index (κ1) is 12.0. The van der Waals surface area contributed by atoms with Crippen molar-refractivity contribution in [2.24, 2.45) is 0 Å². The highest BCUT2D eigenvalue weighted by Crippen LogP contribution is 2.18. The zero-order chi connectivity index (χ0) is 14.1. The van der Waals surface area contributed by atoms with Crippen LogP contribution >= 0.6 is 0 Å². The van der Waals surface area contributed by atoms with Crippen molar-refractivity contribution in [3.8, 4) is 11.9 Å². The summed E-state index contributed by atoms with van der Waals surface area (Å²) in [6.45, 7) is 0. The number of aromatic hydroxyl groups is 1. The van der Waals surface area contributed by atoms with E-state index in [0.29, 0.717) is 6.42 Å². The lowest BCUT2D eigenvalue weighted by Gasteiger charge is -2.05. The van der Waals surface area contributed by atoms with E-state index >= 15 is 0 Å². The average Bonchev–Trinajstić information content (AvgIpc) is 2.87. The zero-order valence-electron chi connectivity index (χ0n) is 10.4. The van der Waals surface area contributed by atoms with Crippen molar-refractivity contribution in [2.45, 2.75) is 6.42 Å². The summed E-state index contributed by atoms with van der Waals surface area (Å²) >= 11 is 0. The van der Waals surface area contributed by atoms with Gasteiger partial charge in [-0.05, 0) is 5.56 Å². The third-order valence-corrected chi connectivity index (χ3v) is 3.09. The molecule has 6 heteroatoms.